The maximum absolute atomic E-state index is 12.1. The number of hydrogen-bond donors (Lipinski definition) is 2. The van der Waals surface area contributed by atoms with Crippen LogP contribution in [-0.2, 0) is 23.0 Å². The summed E-state index contributed by atoms with van der Waals surface area (Å²) in [7, 11) is -1.60. The molecular weight excluding hydrogens is 457 g/mol. The van der Waals surface area contributed by atoms with Gasteiger partial charge in [0.1, 0.15) is 5.75 Å². The molecule has 1 saturated heterocycles. The quantitative estimate of drug-likeness (QED) is 0.652. The number of sulfonamides is 1. The van der Waals surface area contributed by atoms with Crippen LogP contribution in [0, 0.1) is 0 Å². The van der Waals surface area contributed by atoms with Crippen molar-refractivity contribution >= 4 is 40.5 Å². The highest BCUT2D eigenvalue weighted by Crippen LogP contribution is 2.36. The van der Waals surface area contributed by atoms with E-state index in [0.29, 0.717) is 19.1 Å². The highest BCUT2D eigenvalue weighted by Gasteiger charge is 2.29. The zero-order valence-electron chi connectivity index (χ0n) is 17.8. The first-order chi connectivity index (χ1) is 14.0. The van der Waals surface area contributed by atoms with E-state index in [1.54, 1.807) is 7.11 Å². The minimum Gasteiger partial charge on any atom is -0.496 e. The van der Waals surface area contributed by atoms with Gasteiger partial charge in [-0.05, 0) is 49.1 Å². The molecule has 2 aromatic carbocycles. The molecule has 0 radical (unpaired) electrons. The summed E-state index contributed by atoms with van der Waals surface area (Å²) in [5.74, 6) is 0.812. The van der Waals surface area contributed by atoms with Gasteiger partial charge in [0.05, 0.1) is 19.1 Å². The van der Waals surface area contributed by atoms with E-state index in [4.69, 9.17) is 4.74 Å². The molecule has 6 nitrogen and oxygen atoms in total. The van der Waals surface area contributed by atoms with Crippen molar-refractivity contribution in [2.45, 2.75) is 37.9 Å². The third-order valence-electron chi connectivity index (χ3n) is 5.91. The van der Waals surface area contributed by atoms with Gasteiger partial charge in [-0.3, -0.25) is 4.31 Å². The first-order valence-electron chi connectivity index (χ1n) is 10.2. The van der Waals surface area contributed by atoms with Crippen LogP contribution < -0.4 is 19.7 Å². The molecule has 0 aromatic heterocycles. The lowest BCUT2D eigenvalue weighted by Crippen LogP contribution is -2.45. The molecule has 172 valence electrons. The predicted octanol–water partition coefficient (Wildman–Crippen LogP) is 3.44. The maximum atomic E-state index is 12.1. The second-order valence-corrected chi connectivity index (χ2v) is 9.76. The van der Waals surface area contributed by atoms with E-state index in [9.17, 15) is 8.42 Å². The van der Waals surface area contributed by atoms with Crippen LogP contribution in [0.15, 0.2) is 42.5 Å². The van der Waals surface area contributed by atoms with Crippen molar-refractivity contribution in [3.05, 3.63) is 59.2 Å². The summed E-state index contributed by atoms with van der Waals surface area (Å²) < 4.78 is 31.4. The highest BCUT2D eigenvalue weighted by atomic mass is 35.5. The highest BCUT2D eigenvalue weighted by molar-refractivity contribution is 7.92. The Bertz CT molecular complexity index is 973. The van der Waals surface area contributed by atoms with E-state index in [2.05, 4.69) is 34.9 Å². The smallest absolute Gasteiger partial charge is 0.232 e. The Balaban J connectivity index is 0.00000171. The maximum Gasteiger partial charge on any atom is 0.232 e. The van der Waals surface area contributed by atoms with Gasteiger partial charge < -0.3 is 15.4 Å². The average Bonchev–Trinajstić information content (AvgIpc) is 3.15. The van der Waals surface area contributed by atoms with E-state index < -0.39 is 10.0 Å². The van der Waals surface area contributed by atoms with Crippen LogP contribution in [0.3, 0.4) is 0 Å². The van der Waals surface area contributed by atoms with E-state index >= 15 is 0 Å². The van der Waals surface area contributed by atoms with Gasteiger partial charge in [0, 0.05) is 30.7 Å². The van der Waals surface area contributed by atoms with Crippen LogP contribution in [0.1, 0.15) is 35.6 Å². The molecule has 2 aliphatic rings. The number of rotatable bonds is 6. The molecule has 2 unspecified atom stereocenters. The van der Waals surface area contributed by atoms with Crippen LogP contribution in [0.25, 0.3) is 0 Å². The Morgan fingerprint density at radius 3 is 2.61 bits per heavy atom. The van der Waals surface area contributed by atoms with Crippen LogP contribution in [0.4, 0.5) is 5.69 Å². The molecule has 0 aliphatic carbocycles. The molecule has 4 rings (SSSR count). The van der Waals surface area contributed by atoms with Crippen molar-refractivity contribution in [3.63, 3.8) is 0 Å². The summed E-state index contributed by atoms with van der Waals surface area (Å²) >= 11 is 0. The van der Waals surface area contributed by atoms with Crippen molar-refractivity contribution in [2.24, 2.45) is 0 Å². The summed E-state index contributed by atoms with van der Waals surface area (Å²) in [4.78, 5) is 0. The molecule has 0 bridgehead atoms. The topological polar surface area (TPSA) is 70.7 Å². The minimum atomic E-state index is -3.27. The summed E-state index contributed by atoms with van der Waals surface area (Å²) in [5.41, 5.74) is 4.08. The molecule has 31 heavy (non-hydrogen) atoms. The van der Waals surface area contributed by atoms with Gasteiger partial charge in [-0.25, -0.2) is 8.42 Å². The number of piperidine rings is 1. The summed E-state index contributed by atoms with van der Waals surface area (Å²) in [6, 6.07) is 15.0. The average molecular weight is 488 g/mol. The lowest BCUT2D eigenvalue weighted by Gasteiger charge is -2.34. The van der Waals surface area contributed by atoms with Crippen molar-refractivity contribution in [1.82, 2.24) is 10.6 Å². The fourth-order valence-electron chi connectivity index (χ4n) is 4.46. The molecule has 2 atom stereocenters. The number of methoxy groups -OCH3 is 1. The van der Waals surface area contributed by atoms with Gasteiger partial charge in [0.15, 0.2) is 0 Å². The van der Waals surface area contributed by atoms with Gasteiger partial charge in [-0.2, -0.15) is 0 Å². The second kappa shape index (κ2) is 10.9. The van der Waals surface area contributed by atoms with Crippen molar-refractivity contribution in [2.75, 3.05) is 30.8 Å². The van der Waals surface area contributed by atoms with E-state index in [1.807, 2.05) is 18.2 Å². The SMILES string of the molecule is COc1cc2c(cc1CNC1CCCNC1c1ccccc1)N(S(C)(=O)=O)CC2.Cl.Cl. The Labute approximate surface area is 197 Å². The second-order valence-electron chi connectivity index (χ2n) is 7.85. The van der Waals surface area contributed by atoms with E-state index in [-0.39, 0.29) is 30.9 Å². The molecule has 0 saturated carbocycles. The lowest BCUT2D eigenvalue weighted by atomic mass is 9.92. The first kappa shape index (κ1) is 25.7. The largest absolute Gasteiger partial charge is 0.496 e. The van der Waals surface area contributed by atoms with E-state index in [0.717, 1.165) is 48.4 Å². The third-order valence-corrected chi connectivity index (χ3v) is 7.09. The number of nitrogens with one attached hydrogen (secondary N) is 2. The molecule has 1 fully saturated rings. The van der Waals surface area contributed by atoms with Gasteiger partial charge >= 0.3 is 0 Å². The molecule has 2 aromatic rings. The van der Waals surface area contributed by atoms with Crippen molar-refractivity contribution < 1.29 is 13.2 Å². The van der Waals surface area contributed by atoms with Crippen LogP contribution in [-0.4, -0.2) is 40.9 Å². The number of halogens is 2. The Morgan fingerprint density at radius 1 is 1.19 bits per heavy atom. The fourth-order valence-corrected chi connectivity index (χ4v) is 5.41. The Morgan fingerprint density at radius 2 is 1.94 bits per heavy atom. The van der Waals surface area contributed by atoms with Gasteiger partial charge in [0.2, 0.25) is 10.0 Å². The molecule has 2 heterocycles. The monoisotopic (exact) mass is 487 g/mol. The van der Waals surface area contributed by atoms with E-state index in [1.165, 1.54) is 16.1 Å². The fraction of sp³-hybridized carbons (Fsp3) is 0.455. The number of fused-ring (bicyclic) bond motifs is 1. The zero-order chi connectivity index (χ0) is 20.4. The number of nitrogens with zero attached hydrogens (tertiary/aromatic N) is 1. The summed E-state index contributed by atoms with van der Waals surface area (Å²) in [6.07, 6.45) is 4.21. The number of anilines is 1. The van der Waals surface area contributed by atoms with Crippen LogP contribution >= 0.6 is 24.8 Å². The standard InChI is InChI=1S/C22H29N3O3S.2ClH/c1-28-21-14-17-10-12-25(29(2,26)27)20(17)13-18(21)15-24-19-9-6-11-23-22(19)16-7-4-3-5-8-16;;/h3-5,7-8,13-14,19,22-24H,6,9-12,15H2,1-2H3;2*1H. The van der Waals surface area contributed by atoms with Crippen molar-refractivity contribution in [3.8, 4) is 5.75 Å². The van der Waals surface area contributed by atoms with Crippen molar-refractivity contribution in [1.29, 1.82) is 0 Å². The Kier molecular flexibility index (Phi) is 9.03. The molecule has 0 amide bonds. The van der Waals surface area contributed by atoms with Gasteiger partial charge in [-0.1, -0.05) is 30.3 Å². The summed E-state index contributed by atoms with van der Waals surface area (Å²) in [6.45, 7) is 2.14. The number of hydrogen-bond acceptors (Lipinski definition) is 5. The minimum absolute atomic E-state index is 0. The molecule has 0 spiro atoms. The number of benzene rings is 2. The lowest BCUT2D eigenvalue weighted by molar-refractivity contribution is 0.303. The molecule has 2 N–H and O–H groups in total. The van der Waals surface area contributed by atoms with Crippen LogP contribution in [0.5, 0.6) is 5.75 Å². The third kappa shape index (κ3) is 5.65. The van der Waals surface area contributed by atoms with Crippen LogP contribution in [0.2, 0.25) is 0 Å². The normalized spacial score (nSPS) is 20.4. The Hall–Kier alpha value is -1.51. The molecule has 2 aliphatic heterocycles. The molecular formula is C22H31Cl2N3O3S. The first-order valence-corrected chi connectivity index (χ1v) is 12.0. The zero-order valence-corrected chi connectivity index (χ0v) is 20.3. The number of ether oxygens (including phenoxy) is 1. The predicted molar refractivity (Wildman–Crippen MR) is 130 cm³/mol. The van der Waals surface area contributed by atoms with Gasteiger partial charge in [-0.15, -0.1) is 24.8 Å². The van der Waals surface area contributed by atoms with Gasteiger partial charge in [0.25, 0.3) is 0 Å². The summed E-state index contributed by atoms with van der Waals surface area (Å²) in [5, 5.41) is 7.33. The molecule has 9 heteroatoms.